The van der Waals surface area contributed by atoms with Crippen LogP contribution in [0.4, 0.5) is 0 Å². The van der Waals surface area contributed by atoms with Gasteiger partial charge in [0.05, 0.1) is 6.10 Å². The van der Waals surface area contributed by atoms with Crippen LogP contribution in [0.5, 0.6) is 28.7 Å². The van der Waals surface area contributed by atoms with E-state index >= 15 is 0 Å². The lowest BCUT2D eigenvalue weighted by Crippen LogP contribution is -2.43. The average Bonchev–Trinajstić information content (AvgIpc) is 3.43. The number of phenols is 3. The van der Waals surface area contributed by atoms with E-state index in [0.717, 1.165) is 55.3 Å². The monoisotopic (exact) mass is 718 g/mol. The molecule has 0 radical (unpaired) electrons. The van der Waals surface area contributed by atoms with E-state index in [2.05, 4.69) is 35.7 Å². The lowest BCUT2D eigenvalue weighted by Gasteiger charge is -2.41. The highest BCUT2D eigenvalue weighted by Gasteiger charge is 2.45. The van der Waals surface area contributed by atoms with Crippen molar-refractivity contribution in [1.29, 1.82) is 0 Å². The molecule has 0 spiro atoms. The van der Waals surface area contributed by atoms with Gasteiger partial charge in [-0.3, -0.25) is 10.5 Å². The number of carbonyl (C=O) groups excluding carboxylic acids is 1. The number of aliphatic hydroxyl groups is 1. The van der Waals surface area contributed by atoms with Crippen LogP contribution >= 0.6 is 0 Å². The lowest BCUT2D eigenvalue weighted by atomic mass is 9.65. The van der Waals surface area contributed by atoms with Gasteiger partial charge in [0, 0.05) is 36.3 Å². The van der Waals surface area contributed by atoms with Crippen LogP contribution in [-0.4, -0.2) is 57.7 Å². The summed E-state index contributed by atoms with van der Waals surface area (Å²) in [4.78, 5) is 13.4. The molecule has 7 atom stereocenters. The number of ketones is 1. The highest BCUT2D eigenvalue weighted by atomic mass is 16.5. The van der Waals surface area contributed by atoms with Gasteiger partial charge in [-0.25, -0.2) is 0 Å². The third-order valence-corrected chi connectivity index (χ3v) is 11.3. The Hall–Kier alpha value is -4.83. The molecule has 1 aliphatic heterocycles. The number of Topliss-reactive ketones (excluding diaryl/α,β-unsaturated/α-hetero) is 1. The Morgan fingerprint density at radius 3 is 2.34 bits per heavy atom. The molecule has 9 nitrogen and oxygen atoms in total. The molecule has 4 aromatic rings. The van der Waals surface area contributed by atoms with Gasteiger partial charge in [0.2, 0.25) is 5.75 Å². The molecule has 53 heavy (non-hydrogen) atoms. The second-order valence-electron chi connectivity index (χ2n) is 14.9. The van der Waals surface area contributed by atoms with Crippen molar-refractivity contribution in [2.24, 2.45) is 17.6 Å². The van der Waals surface area contributed by atoms with E-state index in [9.17, 15) is 25.2 Å². The standard InChI is InChI=1S/C44H50N2O7/c45-26-52-40-21-29(12-16-37(40)48)11-14-33(47)24-38(49)35-15-13-30-22-31(19-27-7-3-1-4-8-27)41(35)36-25-39(50)43(51)44(42(30)36)53-34-17-18-46-32(23-34)20-28-9-5-2-6-10-28/h1-10,12-13,15-16,21,25,30-32,34-35,38,41,46,48-51H,11,14,17-20,22-24,26,45H2/t30-,31-,32-,34+,35+,38+,41+/m1/s1. The van der Waals surface area contributed by atoms with Crippen LogP contribution in [0.2, 0.25) is 0 Å². The SMILES string of the molecule is NCOc1cc(CCC(=O)C[C@H](O)[C@@H]2C=C[C@@H]3C[C@@H](Cc4ccccc4)[C@@H]2c2cc(O)c(O)c(O[C@H]4CCN[C@H](Cc5ccccc5)C4)c23)ccc1O. The van der Waals surface area contributed by atoms with Crippen molar-refractivity contribution >= 4 is 5.78 Å². The molecule has 4 aliphatic rings. The molecule has 0 amide bonds. The van der Waals surface area contributed by atoms with Gasteiger partial charge in [-0.15, -0.1) is 0 Å². The topological polar surface area (TPSA) is 154 Å². The molecule has 278 valence electrons. The quantitative estimate of drug-likeness (QED) is 0.0493. The fourth-order valence-electron chi connectivity index (χ4n) is 8.83. The average molecular weight is 719 g/mol. The summed E-state index contributed by atoms with van der Waals surface area (Å²) < 4.78 is 12.0. The number of aromatic hydroxyl groups is 3. The van der Waals surface area contributed by atoms with Crippen LogP contribution in [0.3, 0.4) is 0 Å². The van der Waals surface area contributed by atoms with Crippen LogP contribution in [0, 0.1) is 11.8 Å². The maximum absolute atomic E-state index is 13.4. The van der Waals surface area contributed by atoms with E-state index in [1.165, 1.54) is 17.2 Å². The van der Waals surface area contributed by atoms with E-state index in [1.54, 1.807) is 18.2 Å². The van der Waals surface area contributed by atoms with Crippen molar-refractivity contribution in [3.63, 3.8) is 0 Å². The van der Waals surface area contributed by atoms with Crippen molar-refractivity contribution < 1.29 is 34.7 Å². The molecule has 0 aromatic heterocycles. The fraction of sp³-hybridized carbons (Fsp3) is 0.386. The summed E-state index contributed by atoms with van der Waals surface area (Å²) in [7, 11) is 0. The van der Waals surface area contributed by atoms with Crippen molar-refractivity contribution in [3.05, 3.63) is 125 Å². The second kappa shape index (κ2) is 16.5. The molecular weight excluding hydrogens is 668 g/mol. The largest absolute Gasteiger partial charge is 0.504 e. The zero-order valence-electron chi connectivity index (χ0n) is 29.9. The smallest absolute Gasteiger partial charge is 0.200 e. The Morgan fingerprint density at radius 2 is 1.60 bits per heavy atom. The Morgan fingerprint density at radius 1 is 0.868 bits per heavy atom. The first kappa shape index (κ1) is 36.5. The number of aryl methyl sites for hydroxylation is 1. The molecule has 0 unspecified atom stereocenters. The predicted octanol–water partition coefficient (Wildman–Crippen LogP) is 6.41. The van der Waals surface area contributed by atoms with Gasteiger partial charge in [0.15, 0.2) is 23.0 Å². The van der Waals surface area contributed by atoms with Gasteiger partial charge in [0.25, 0.3) is 0 Å². The number of ether oxygens (including phenoxy) is 2. The molecule has 7 N–H and O–H groups in total. The van der Waals surface area contributed by atoms with E-state index < -0.39 is 12.0 Å². The Balaban J connectivity index is 1.14. The minimum absolute atomic E-state index is 0.0165. The normalized spacial score (nSPS) is 23.9. The highest BCUT2D eigenvalue weighted by molar-refractivity contribution is 5.79. The third kappa shape index (κ3) is 8.38. The van der Waals surface area contributed by atoms with Crippen molar-refractivity contribution in [1.82, 2.24) is 5.32 Å². The summed E-state index contributed by atoms with van der Waals surface area (Å²) in [6.07, 6.45) is 7.59. The van der Waals surface area contributed by atoms with Gasteiger partial charge in [-0.2, -0.15) is 0 Å². The summed E-state index contributed by atoms with van der Waals surface area (Å²) >= 11 is 0. The number of nitrogens with two attached hydrogens (primary N) is 1. The molecular formula is C44H50N2O7. The number of hydrogen-bond acceptors (Lipinski definition) is 9. The van der Waals surface area contributed by atoms with Gasteiger partial charge >= 0.3 is 0 Å². The number of benzene rings is 4. The minimum atomic E-state index is -0.967. The summed E-state index contributed by atoms with van der Waals surface area (Å²) in [5.41, 5.74) is 10.5. The van der Waals surface area contributed by atoms with E-state index in [4.69, 9.17) is 15.2 Å². The molecule has 1 saturated heterocycles. The number of nitrogens with one attached hydrogen (secondary N) is 1. The van der Waals surface area contributed by atoms with Gasteiger partial charge in [-0.05, 0) is 97.4 Å². The summed E-state index contributed by atoms with van der Waals surface area (Å²) in [6.45, 7) is 0.707. The van der Waals surface area contributed by atoms with E-state index in [1.807, 2.05) is 42.5 Å². The first-order chi connectivity index (χ1) is 25.8. The zero-order valence-corrected chi connectivity index (χ0v) is 29.9. The molecule has 4 aromatic carbocycles. The first-order valence-corrected chi connectivity index (χ1v) is 18.9. The molecule has 1 fully saturated rings. The predicted molar refractivity (Wildman–Crippen MR) is 203 cm³/mol. The number of phenolic OH excluding ortho intramolecular Hbond substituents is 3. The molecule has 9 heteroatoms. The fourth-order valence-corrected chi connectivity index (χ4v) is 8.83. The minimum Gasteiger partial charge on any atom is -0.504 e. The Labute approximate surface area is 311 Å². The number of carbonyl (C=O) groups is 1. The van der Waals surface area contributed by atoms with Crippen LogP contribution in [0.1, 0.15) is 71.8 Å². The van der Waals surface area contributed by atoms with Gasteiger partial charge in [0.1, 0.15) is 18.6 Å². The Kier molecular flexibility index (Phi) is 11.3. The summed E-state index contributed by atoms with van der Waals surface area (Å²) in [5, 5.41) is 48.1. The number of hydrogen-bond donors (Lipinski definition) is 6. The van der Waals surface area contributed by atoms with E-state index in [-0.39, 0.29) is 78.3 Å². The van der Waals surface area contributed by atoms with Crippen molar-refractivity contribution in [2.75, 3.05) is 13.3 Å². The number of aliphatic hydroxyl groups excluding tert-OH is 1. The number of allylic oxidation sites excluding steroid dienone is 1. The van der Waals surface area contributed by atoms with Crippen LogP contribution in [0.25, 0.3) is 0 Å². The van der Waals surface area contributed by atoms with Crippen molar-refractivity contribution in [2.45, 2.75) is 81.5 Å². The molecule has 2 bridgehead atoms. The van der Waals surface area contributed by atoms with Crippen LogP contribution in [0.15, 0.2) is 97.1 Å². The highest BCUT2D eigenvalue weighted by Crippen LogP contribution is 2.58. The molecule has 1 heterocycles. The molecule has 0 saturated carbocycles. The second-order valence-corrected chi connectivity index (χ2v) is 14.9. The molecule has 8 rings (SSSR count). The number of fused-ring (bicyclic) bond motifs is 2. The third-order valence-electron chi connectivity index (χ3n) is 11.3. The summed E-state index contributed by atoms with van der Waals surface area (Å²) in [5.74, 6) is -0.614. The van der Waals surface area contributed by atoms with Crippen LogP contribution in [-0.2, 0) is 24.1 Å². The molecule has 3 aliphatic carbocycles. The Bertz CT molecular complexity index is 1900. The lowest BCUT2D eigenvalue weighted by molar-refractivity contribution is -0.121. The number of rotatable bonds is 14. The number of piperidine rings is 1. The van der Waals surface area contributed by atoms with Crippen molar-refractivity contribution in [3.8, 4) is 28.7 Å². The van der Waals surface area contributed by atoms with E-state index in [0.29, 0.717) is 12.2 Å². The van der Waals surface area contributed by atoms with Gasteiger partial charge < -0.3 is 35.2 Å². The first-order valence-electron chi connectivity index (χ1n) is 18.9. The maximum atomic E-state index is 13.4. The zero-order chi connectivity index (χ0) is 36.9. The summed E-state index contributed by atoms with van der Waals surface area (Å²) in [6, 6.07) is 27.5. The van der Waals surface area contributed by atoms with Gasteiger partial charge in [-0.1, -0.05) is 78.9 Å². The maximum Gasteiger partial charge on any atom is 0.200 e. The van der Waals surface area contributed by atoms with Crippen LogP contribution < -0.4 is 20.5 Å².